The van der Waals surface area contributed by atoms with E-state index in [4.69, 9.17) is 9.47 Å². The molecule has 110 valence electrons. The molecule has 2 heterocycles. The van der Waals surface area contributed by atoms with Crippen molar-refractivity contribution in [3.8, 4) is 0 Å². The van der Waals surface area contributed by atoms with Gasteiger partial charge in [0, 0.05) is 12.3 Å². The zero-order chi connectivity index (χ0) is 14.7. The molecule has 1 aromatic heterocycles. The van der Waals surface area contributed by atoms with Crippen LogP contribution in [0.25, 0.3) is 0 Å². The molecule has 0 aromatic carbocycles. The summed E-state index contributed by atoms with van der Waals surface area (Å²) in [6.45, 7) is 1.81. The van der Waals surface area contributed by atoms with Crippen molar-refractivity contribution in [2.24, 2.45) is 0 Å². The first-order valence-electron chi connectivity index (χ1n) is 6.10. The van der Waals surface area contributed by atoms with Crippen LogP contribution in [-0.4, -0.2) is 44.7 Å². The molecule has 0 radical (unpaired) electrons. The van der Waals surface area contributed by atoms with E-state index in [0.29, 0.717) is 0 Å². The van der Waals surface area contributed by atoms with Crippen LogP contribution in [-0.2, 0) is 9.47 Å². The van der Waals surface area contributed by atoms with Gasteiger partial charge in [0.2, 0.25) is 0 Å². The Morgan fingerprint density at radius 3 is 2.85 bits per heavy atom. The smallest absolute Gasteiger partial charge is 0.330 e. The van der Waals surface area contributed by atoms with Gasteiger partial charge in [-0.2, -0.15) is 0 Å². The number of hydrogen-bond donors (Lipinski definition) is 3. The Morgan fingerprint density at radius 2 is 2.20 bits per heavy atom. The highest BCUT2D eigenvalue weighted by Crippen LogP contribution is 2.28. The Balaban J connectivity index is 2.17. The van der Waals surface area contributed by atoms with Crippen molar-refractivity contribution in [3.05, 3.63) is 45.4 Å². The highest BCUT2D eigenvalue weighted by atomic mass is 16.6. The van der Waals surface area contributed by atoms with Gasteiger partial charge in [0.25, 0.3) is 5.56 Å². The maximum absolute atomic E-state index is 11.6. The van der Waals surface area contributed by atoms with Crippen LogP contribution >= 0.6 is 0 Å². The number of hydrogen-bond acceptors (Lipinski definition) is 6. The van der Waals surface area contributed by atoms with Crippen molar-refractivity contribution in [2.45, 2.75) is 31.5 Å². The average Bonchev–Trinajstić information content (AvgIpc) is 2.68. The Bertz CT molecular complexity index is 592. The zero-order valence-corrected chi connectivity index (χ0v) is 10.8. The quantitative estimate of drug-likeness (QED) is 0.593. The Hall–Kier alpha value is -1.90. The number of allylic oxidation sites excluding steroid dienone is 1. The summed E-state index contributed by atoms with van der Waals surface area (Å²) in [6.07, 6.45) is -0.0268. The minimum atomic E-state index is -1.29. The van der Waals surface area contributed by atoms with Crippen molar-refractivity contribution in [1.82, 2.24) is 9.55 Å². The van der Waals surface area contributed by atoms with Crippen LogP contribution in [0.15, 0.2) is 34.2 Å². The van der Waals surface area contributed by atoms with Crippen molar-refractivity contribution in [3.63, 3.8) is 0 Å². The topological polar surface area (TPSA) is 114 Å². The molecule has 0 unspecified atom stereocenters. The third-order valence-electron chi connectivity index (χ3n) is 2.96. The van der Waals surface area contributed by atoms with Crippen LogP contribution in [0.3, 0.4) is 0 Å². The third kappa shape index (κ3) is 2.82. The molecule has 4 atom stereocenters. The molecular formula is C12H16N2O6. The number of aromatic amines is 1. The van der Waals surface area contributed by atoms with Crippen LogP contribution in [0.5, 0.6) is 0 Å². The van der Waals surface area contributed by atoms with E-state index in [-0.39, 0.29) is 6.61 Å². The second kappa shape index (κ2) is 6.04. The maximum Gasteiger partial charge on any atom is 0.330 e. The number of ether oxygens (including phenoxy) is 2. The van der Waals surface area contributed by atoms with Gasteiger partial charge >= 0.3 is 5.69 Å². The van der Waals surface area contributed by atoms with Gasteiger partial charge in [-0.3, -0.25) is 14.3 Å². The van der Waals surface area contributed by atoms with Gasteiger partial charge in [-0.05, 0) is 6.92 Å². The van der Waals surface area contributed by atoms with E-state index >= 15 is 0 Å². The Labute approximate surface area is 113 Å². The highest BCUT2D eigenvalue weighted by Gasteiger charge is 2.44. The first-order valence-corrected chi connectivity index (χ1v) is 6.10. The largest absolute Gasteiger partial charge is 0.499 e. The second-order valence-electron chi connectivity index (χ2n) is 4.37. The van der Waals surface area contributed by atoms with E-state index in [1.807, 2.05) is 0 Å². The summed E-state index contributed by atoms with van der Waals surface area (Å²) in [5.41, 5.74) is -1.27. The summed E-state index contributed by atoms with van der Waals surface area (Å²) >= 11 is 0. The van der Waals surface area contributed by atoms with Crippen LogP contribution in [0.2, 0.25) is 0 Å². The molecule has 8 nitrogen and oxygen atoms in total. The van der Waals surface area contributed by atoms with Crippen molar-refractivity contribution in [2.75, 3.05) is 6.61 Å². The highest BCUT2D eigenvalue weighted by molar-refractivity contribution is 4.93. The van der Waals surface area contributed by atoms with E-state index in [2.05, 4.69) is 4.98 Å². The lowest BCUT2D eigenvalue weighted by Crippen LogP contribution is -2.37. The fourth-order valence-corrected chi connectivity index (χ4v) is 1.97. The Morgan fingerprint density at radius 1 is 1.45 bits per heavy atom. The molecule has 1 fully saturated rings. The molecule has 1 aromatic rings. The van der Waals surface area contributed by atoms with Gasteiger partial charge in [0.1, 0.15) is 24.9 Å². The van der Waals surface area contributed by atoms with Gasteiger partial charge in [0.15, 0.2) is 6.23 Å². The number of aromatic nitrogens is 2. The number of rotatable bonds is 4. The number of nitrogens with one attached hydrogen (secondary N) is 1. The number of aliphatic hydroxyl groups is 2. The molecule has 0 spiro atoms. The molecular weight excluding hydrogens is 268 g/mol. The predicted molar refractivity (Wildman–Crippen MR) is 68.0 cm³/mol. The lowest BCUT2D eigenvalue weighted by molar-refractivity contribution is -0.0568. The molecule has 0 bridgehead atoms. The molecule has 20 heavy (non-hydrogen) atoms. The molecule has 8 heteroatoms. The normalized spacial score (nSPS) is 29.9. The van der Waals surface area contributed by atoms with E-state index in [1.165, 1.54) is 12.5 Å². The van der Waals surface area contributed by atoms with Crippen molar-refractivity contribution >= 4 is 0 Å². The van der Waals surface area contributed by atoms with Crippen molar-refractivity contribution < 1.29 is 19.7 Å². The summed E-state index contributed by atoms with van der Waals surface area (Å²) in [7, 11) is 0. The van der Waals surface area contributed by atoms with Gasteiger partial charge in [-0.1, -0.05) is 6.08 Å². The van der Waals surface area contributed by atoms with E-state index in [9.17, 15) is 19.8 Å². The SMILES string of the molecule is C/C=C\OC[C@H]1O[C@@H](n2ccc(=O)[nH]c2=O)[C@@H](O)[C@@H]1O. The first kappa shape index (κ1) is 14.5. The summed E-state index contributed by atoms with van der Waals surface area (Å²) in [5.74, 6) is 0. The summed E-state index contributed by atoms with van der Waals surface area (Å²) < 4.78 is 11.5. The Kier molecular flexibility index (Phi) is 4.38. The van der Waals surface area contributed by atoms with Gasteiger partial charge in [-0.15, -0.1) is 0 Å². The molecule has 1 aliphatic heterocycles. The van der Waals surface area contributed by atoms with Crippen LogP contribution in [0, 0.1) is 0 Å². The summed E-state index contributed by atoms with van der Waals surface area (Å²) in [4.78, 5) is 24.7. The third-order valence-corrected chi connectivity index (χ3v) is 2.96. The zero-order valence-electron chi connectivity index (χ0n) is 10.8. The number of aliphatic hydroxyl groups excluding tert-OH is 2. The fraction of sp³-hybridized carbons (Fsp3) is 0.500. The fourth-order valence-electron chi connectivity index (χ4n) is 1.97. The van der Waals surface area contributed by atoms with E-state index in [1.54, 1.807) is 13.0 Å². The van der Waals surface area contributed by atoms with Crippen molar-refractivity contribution in [1.29, 1.82) is 0 Å². The molecule has 1 saturated heterocycles. The van der Waals surface area contributed by atoms with Gasteiger partial charge in [0.05, 0.1) is 6.26 Å². The van der Waals surface area contributed by atoms with Gasteiger partial charge in [-0.25, -0.2) is 4.79 Å². The minimum Gasteiger partial charge on any atom is -0.499 e. The van der Waals surface area contributed by atoms with E-state index < -0.39 is 35.8 Å². The number of H-pyrrole nitrogens is 1. The van der Waals surface area contributed by atoms with Gasteiger partial charge < -0.3 is 19.7 Å². The first-order chi connectivity index (χ1) is 9.54. The molecule has 0 amide bonds. The molecule has 1 aliphatic rings. The van der Waals surface area contributed by atoms with E-state index in [0.717, 1.165) is 10.6 Å². The standard InChI is InChI=1S/C12H16N2O6/c1-2-5-19-6-7-9(16)10(17)11(20-7)14-4-3-8(15)13-12(14)18/h2-5,7,9-11,16-17H,6H2,1H3,(H,13,15,18)/b5-2-/t7-,9-,10+,11-/m1/s1. The molecule has 0 saturated carbocycles. The summed E-state index contributed by atoms with van der Waals surface area (Å²) in [5, 5.41) is 19.8. The maximum atomic E-state index is 11.6. The van der Waals surface area contributed by atoms with Crippen LogP contribution in [0.4, 0.5) is 0 Å². The van der Waals surface area contributed by atoms with Crippen LogP contribution in [0.1, 0.15) is 13.2 Å². The summed E-state index contributed by atoms with van der Waals surface area (Å²) in [6, 6.07) is 1.13. The molecule has 2 rings (SSSR count). The monoisotopic (exact) mass is 284 g/mol. The minimum absolute atomic E-state index is 0.0389. The van der Waals surface area contributed by atoms with Crippen LogP contribution < -0.4 is 11.2 Å². The lowest BCUT2D eigenvalue weighted by atomic mass is 10.1. The molecule has 3 N–H and O–H groups in total. The molecule has 0 aliphatic carbocycles. The number of nitrogens with zero attached hydrogens (tertiary/aromatic N) is 1. The average molecular weight is 284 g/mol. The lowest BCUT2D eigenvalue weighted by Gasteiger charge is -2.16. The second-order valence-corrected chi connectivity index (χ2v) is 4.37. The predicted octanol–water partition coefficient (Wildman–Crippen LogP) is -1.29.